The lowest BCUT2D eigenvalue weighted by atomic mass is 9.46. The van der Waals surface area contributed by atoms with Gasteiger partial charge < -0.3 is 5.32 Å². The molecule has 4 aliphatic rings. The fourth-order valence-electron chi connectivity index (χ4n) is 3.62. The minimum absolute atomic E-state index is 0.106. The zero-order valence-corrected chi connectivity index (χ0v) is 9.03. The highest BCUT2D eigenvalue weighted by Crippen LogP contribution is 2.62. The Labute approximate surface area is 98.2 Å². The molecule has 2 fully saturated rings. The number of carbonyl (C=O) groups is 1. The number of amidine groups is 1. The number of rotatable bonds is 0. The number of hydrogen-bond acceptors (Lipinski definition) is 4. The van der Waals surface area contributed by atoms with Gasteiger partial charge in [-0.15, -0.1) is 0 Å². The highest BCUT2D eigenvalue weighted by atomic mass is 16.2. The van der Waals surface area contributed by atoms with E-state index in [1.54, 1.807) is 0 Å². The molecule has 1 heterocycles. The average molecular weight is 226 g/mol. The summed E-state index contributed by atoms with van der Waals surface area (Å²) in [4.78, 5) is 12.1. The van der Waals surface area contributed by atoms with Crippen molar-refractivity contribution in [1.29, 1.82) is 15.9 Å². The number of allylic oxidation sites excluding steroid dienone is 2. The van der Waals surface area contributed by atoms with Crippen LogP contribution in [0.25, 0.3) is 0 Å². The van der Waals surface area contributed by atoms with E-state index in [9.17, 15) is 15.3 Å². The van der Waals surface area contributed by atoms with Crippen LogP contribution in [0.2, 0.25) is 0 Å². The van der Waals surface area contributed by atoms with Crippen molar-refractivity contribution in [3.05, 3.63) is 12.2 Å². The molecule has 84 valence electrons. The third-order valence-corrected chi connectivity index (χ3v) is 4.44. The van der Waals surface area contributed by atoms with Crippen molar-refractivity contribution in [3.63, 3.8) is 0 Å². The lowest BCUT2D eigenvalue weighted by Crippen LogP contribution is -2.56. The molecule has 4 rings (SSSR count). The number of nitrogens with one attached hydrogen (secondary N) is 2. The molecule has 0 aromatic carbocycles. The van der Waals surface area contributed by atoms with Crippen LogP contribution in [0, 0.1) is 50.7 Å². The fraction of sp³-hybridized carbons (Fsp3) is 0.500. The second-order valence-electron chi connectivity index (χ2n) is 4.84. The number of hydrogen-bond donors (Lipinski definition) is 2. The van der Waals surface area contributed by atoms with Gasteiger partial charge in [-0.2, -0.15) is 10.5 Å². The van der Waals surface area contributed by atoms with Crippen LogP contribution in [0.3, 0.4) is 0 Å². The van der Waals surface area contributed by atoms with Gasteiger partial charge in [0.1, 0.15) is 11.3 Å². The van der Waals surface area contributed by atoms with Gasteiger partial charge in [-0.25, -0.2) is 0 Å². The highest BCUT2D eigenvalue weighted by molar-refractivity contribution is 6.14. The molecular formula is C12H10N4O. The van der Waals surface area contributed by atoms with Gasteiger partial charge in [-0.3, -0.25) is 10.2 Å². The van der Waals surface area contributed by atoms with E-state index in [0.717, 1.165) is 12.8 Å². The normalized spacial score (nSPS) is 46.0. The van der Waals surface area contributed by atoms with Gasteiger partial charge >= 0.3 is 0 Å². The third-order valence-electron chi connectivity index (χ3n) is 4.44. The van der Waals surface area contributed by atoms with Gasteiger partial charge in [-0.1, -0.05) is 12.2 Å². The molecule has 4 atom stereocenters. The van der Waals surface area contributed by atoms with Crippen LogP contribution < -0.4 is 5.32 Å². The SMILES string of the molecule is N#CC12C(=N)NC(=O)C1(C#N)C1C=CC2CC1. The number of amides is 1. The van der Waals surface area contributed by atoms with E-state index in [1.165, 1.54) is 0 Å². The van der Waals surface area contributed by atoms with E-state index >= 15 is 0 Å². The summed E-state index contributed by atoms with van der Waals surface area (Å²) in [5.74, 6) is -1.04. The lowest BCUT2D eigenvalue weighted by Gasteiger charge is -2.49. The van der Waals surface area contributed by atoms with Crippen LogP contribution in [0.1, 0.15) is 12.8 Å². The standard InChI is InChI=1S/C12H10N4O/c13-5-11-7-1-3-8(4-2-7)12(11,6-14)10(17)16-9(11)15/h1,3,7-8H,2,4H2,(H2,15,16,17). The maximum atomic E-state index is 12.1. The van der Waals surface area contributed by atoms with Gasteiger partial charge in [0, 0.05) is 11.8 Å². The summed E-state index contributed by atoms with van der Waals surface area (Å²) in [6.07, 6.45) is 5.25. The van der Waals surface area contributed by atoms with Gasteiger partial charge in [0.15, 0.2) is 5.41 Å². The number of nitriles is 2. The smallest absolute Gasteiger partial charge is 0.248 e. The third kappa shape index (κ3) is 0.754. The molecule has 1 saturated heterocycles. The van der Waals surface area contributed by atoms with Crippen molar-refractivity contribution in [1.82, 2.24) is 5.32 Å². The molecule has 0 aromatic rings. The van der Waals surface area contributed by atoms with Crippen molar-refractivity contribution >= 4 is 11.7 Å². The molecule has 2 bridgehead atoms. The van der Waals surface area contributed by atoms with Crippen LogP contribution in [0.4, 0.5) is 0 Å². The summed E-state index contributed by atoms with van der Waals surface area (Å²) in [5.41, 5.74) is -2.69. The summed E-state index contributed by atoms with van der Waals surface area (Å²) >= 11 is 0. The first-order valence-electron chi connectivity index (χ1n) is 5.55. The molecule has 1 aliphatic heterocycles. The minimum atomic E-state index is -1.39. The highest BCUT2D eigenvalue weighted by Gasteiger charge is 2.74. The monoisotopic (exact) mass is 226 g/mol. The maximum absolute atomic E-state index is 12.1. The number of fused-ring (bicyclic) bond motifs is 1. The van der Waals surface area contributed by atoms with E-state index in [1.807, 2.05) is 12.2 Å². The zero-order chi connectivity index (χ0) is 12.3. The van der Waals surface area contributed by atoms with E-state index in [2.05, 4.69) is 17.5 Å². The molecule has 5 heteroatoms. The van der Waals surface area contributed by atoms with Crippen molar-refractivity contribution in [2.24, 2.45) is 22.7 Å². The van der Waals surface area contributed by atoms with E-state index in [0.29, 0.717) is 0 Å². The van der Waals surface area contributed by atoms with Crippen LogP contribution >= 0.6 is 0 Å². The van der Waals surface area contributed by atoms with E-state index in [4.69, 9.17) is 5.41 Å². The Kier molecular flexibility index (Phi) is 1.63. The molecule has 3 aliphatic carbocycles. The molecule has 2 N–H and O–H groups in total. The first-order chi connectivity index (χ1) is 8.13. The van der Waals surface area contributed by atoms with Gasteiger partial charge in [0.25, 0.3) is 0 Å². The molecule has 0 aromatic heterocycles. The molecule has 0 radical (unpaired) electrons. The molecule has 5 nitrogen and oxygen atoms in total. The Morgan fingerprint density at radius 2 is 1.76 bits per heavy atom. The summed E-state index contributed by atoms with van der Waals surface area (Å²) in [6.45, 7) is 0. The topological polar surface area (TPSA) is 101 Å². The quantitative estimate of drug-likeness (QED) is 0.595. The van der Waals surface area contributed by atoms with E-state index in [-0.39, 0.29) is 17.7 Å². The molecule has 4 unspecified atom stereocenters. The summed E-state index contributed by atoms with van der Waals surface area (Å²) in [6, 6.07) is 4.16. The molecule has 0 spiro atoms. The molecular weight excluding hydrogens is 216 g/mol. The number of carbonyl (C=O) groups excluding carboxylic acids is 1. The van der Waals surface area contributed by atoms with Crippen LogP contribution in [0.15, 0.2) is 12.2 Å². The Balaban J connectivity index is 2.37. The van der Waals surface area contributed by atoms with Gasteiger partial charge in [0.2, 0.25) is 5.91 Å². The predicted molar refractivity (Wildman–Crippen MR) is 57.3 cm³/mol. The Hall–Kier alpha value is -2.14. The number of nitrogens with zero attached hydrogens (tertiary/aromatic N) is 2. The summed E-state index contributed by atoms with van der Waals surface area (Å²) in [7, 11) is 0. The zero-order valence-electron chi connectivity index (χ0n) is 9.03. The first-order valence-corrected chi connectivity index (χ1v) is 5.55. The Morgan fingerprint density at radius 3 is 2.18 bits per heavy atom. The fourth-order valence-corrected chi connectivity index (χ4v) is 3.62. The second-order valence-corrected chi connectivity index (χ2v) is 4.84. The lowest BCUT2D eigenvalue weighted by molar-refractivity contribution is -0.131. The largest absolute Gasteiger partial charge is 0.312 e. The second kappa shape index (κ2) is 2.75. The van der Waals surface area contributed by atoms with Gasteiger partial charge in [-0.05, 0) is 12.8 Å². The molecule has 17 heavy (non-hydrogen) atoms. The van der Waals surface area contributed by atoms with Gasteiger partial charge in [0.05, 0.1) is 12.1 Å². The Bertz CT molecular complexity index is 504. The minimum Gasteiger partial charge on any atom is -0.312 e. The maximum Gasteiger partial charge on any atom is 0.248 e. The van der Waals surface area contributed by atoms with Crippen LogP contribution in [0.5, 0.6) is 0 Å². The first kappa shape index (κ1) is 10.0. The predicted octanol–water partition coefficient (Wildman–Crippen LogP) is 0.709. The van der Waals surface area contributed by atoms with Crippen molar-refractivity contribution in [2.45, 2.75) is 12.8 Å². The van der Waals surface area contributed by atoms with E-state index < -0.39 is 16.7 Å². The Morgan fingerprint density at radius 1 is 1.24 bits per heavy atom. The van der Waals surface area contributed by atoms with Crippen LogP contribution in [-0.2, 0) is 4.79 Å². The molecule has 1 saturated carbocycles. The summed E-state index contributed by atoms with van der Waals surface area (Å²) < 4.78 is 0. The van der Waals surface area contributed by atoms with Crippen molar-refractivity contribution in [2.75, 3.05) is 0 Å². The van der Waals surface area contributed by atoms with Crippen molar-refractivity contribution < 1.29 is 4.79 Å². The van der Waals surface area contributed by atoms with Crippen LogP contribution in [-0.4, -0.2) is 11.7 Å². The molecule has 1 amide bonds. The summed E-state index contributed by atoms with van der Waals surface area (Å²) in [5, 5.41) is 29.3. The van der Waals surface area contributed by atoms with Crippen molar-refractivity contribution in [3.8, 4) is 12.1 Å². The average Bonchev–Trinajstić information content (AvgIpc) is 2.61.